The summed E-state index contributed by atoms with van der Waals surface area (Å²) in [5, 5.41) is 18.3. The molecule has 0 bridgehead atoms. The molecule has 3 rings (SSSR count). The van der Waals surface area contributed by atoms with Crippen molar-refractivity contribution in [2.75, 3.05) is 6.54 Å². The van der Waals surface area contributed by atoms with Crippen molar-refractivity contribution < 1.29 is 19.4 Å². The van der Waals surface area contributed by atoms with Crippen LogP contribution in [0.1, 0.15) is 29.8 Å². The van der Waals surface area contributed by atoms with Gasteiger partial charge in [0.1, 0.15) is 6.10 Å². The standard InChI is InChI=1S/C24H26ClN5O4/c1-3-26-24(33)30-23(28-14-16-4-6-18(25)7-5-16)29-19-8-9-20(15(2)12-19)34-21-13-17(22(31)32)10-11-27-21/h4-13,15,20H,3,14H2,1-2H3,(H,31,32)(H3,26,28,29,30,33). The molecule has 10 heteroatoms. The number of halogens is 1. The zero-order valence-corrected chi connectivity index (χ0v) is 19.5. The van der Waals surface area contributed by atoms with E-state index < -0.39 is 5.97 Å². The molecule has 1 heterocycles. The molecule has 4 N–H and O–H groups in total. The van der Waals surface area contributed by atoms with Crippen molar-refractivity contribution >= 4 is 29.6 Å². The number of rotatable bonds is 7. The fraction of sp³-hybridized carbons (Fsp3) is 0.250. The number of urea groups is 1. The number of carboxylic acid groups (broad SMARTS) is 1. The fourth-order valence-corrected chi connectivity index (χ4v) is 3.22. The average molecular weight is 484 g/mol. The number of carbonyl (C=O) groups is 2. The van der Waals surface area contributed by atoms with Crippen LogP contribution in [0.4, 0.5) is 4.79 Å². The van der Waals surface area contributed by atoms with Crippen molar-refractivity contribution in [1.29, 1.82) is 0 Å². The SMILES string of the molecule is CCNC(=O)N/C(=N\C1=CC(C)C(Oc2cc(C(=O)O)ccn2)C=C1)NCc1ccc(Cl)cc1. The third-order valence-electron chi connectivity index (χ3n) is 4.83. The minimum absolute atomic E-state index is 0.0824. The van der Waals surface area contributed by atoms with Crippen LogP contribution in [0.2, 0.25) is 5.02 Å². The van der Waals surface area contributed by atoms with Gasteiger partial charge in [0, 0.05) is 36.3 Å². The highest BCUT2D eigenvalue weighted by Crippen LogP contribution is 2.23. The molecule has 178 valence electrons. The lowest BCUT2D eigenvalue weighted by Crippen LogP contribution is -2.45. The van der Waals surface area contributed by atoms with E-state index in [2.05, 4.69) is 25.9 Å². The lowest BCUT2D eigenvalue weighted by atomic mass is 9.98. The Bertz CT molecular complexity index is 1110. The summed E-state index contributed by atoms with van der Waals surface area (Å²) in [4.78, 5) is 31.9. The third kappa shape index (κ3) is 7.35. The van der Waals surface area contributed by atoms with E-state index in [1.165, 1.54) is 18.3 Å². The maximum atomic E-state index is 12.1. The maximum Gasteiger partial charge on any atom is 0.335 e. The highest BCUT2D eigenvalue weighted by Gasteiger charge is 2.20. The number of carboxylic acids is 1. The Kier molecular flexibility index (Phi) is 8.64. The topological polar surface area (TPSA) is 125 Å². The van der Waals surface area contributed by atoms with Gasteiger partial charge >= 0.3 is 12.0 Å². The number of pyridine rings is 1. The van der Waals surface area contributed by atoms with E-state index in [0.29, 0.717) is 29.8 Å². The van der Waals surface area contributed by atoms with Gasteiger partial charge in [-0.25, -0.2) is 19.6 Å². The lowest BCUT2D eigenvalue weighted by molar-refractivity contribution is 0.0695. The van der Waals surface area contributed by atoms with Crippen LogP contribution in [-0.4, -0.2) is 40.7 Å². The zero-order valence-electron chi connectivity index (χ0n) is 18.8. The van der Waals surface area contributed by atoms with Gasteiger partial charge in [0.2, 0.25) is 11.8 Å². The van der Waals surface area contributed by atoms with Crippen molar-refractivity contribution in [3.05, 3.63) is 82.7 Å². The molecule has 1 aromatic heterocycles. The van der Waals surface area contributed by atoms with Crippen molar-refractivity contribution in [3.8, 4) is 5.88 Å². The summed E-state index contributed by atoms with van der Waals surface area (Å²) in [5.74, 6) is -0.612. The summed E-state index contributed by atoms with van der Waals surface area (Å²) in [5.41, 5.74) is 1.71. The number of ether oxygens (including phenoxy) is 1. The summed E-state index contributed by atoms with van der Waals surface area (Å²) < 4.78 is 5.86. The predicted octanol–water partition coefficient (Wildman–Crippen LogP) is 3.74. The van der Waals surface area contributed by atoms with E-state index in [0.717, 1.165) is 5.56 Å². The maximum absolute atomic E-state index is 12.1. The van der Waals surface area contributed by atoms with Gasteiger partial charge in [0.05, 0.1) is 11.3 Å². The largest absolute Gasteiger partial charge is 0.478 e. The minimum atomic E-state index is -1.05. The minimum Gasteiger partial charge on any atom is -0.478 e. The number of nitrogens with zero attached hydrogens (tertiary/aromatic N) is 2. The molecule has 9 nitrogen and oxygen atoms in total. The summed E-state index contributed by atoms with van der Waals surface area (Å²) in [6, 6.07) is 9.78. The lowest BCUT2D eigenvalue weighted by Gasteiger charge is -2.23. The average Bonchev–Trinajstić information content (AvgIpc) is 2.80. The number of hydrogen-bond acceptors (Lipinski definition) is 5. The molecule has 1 aliphatic carbocycles. The number of guanidine groups is 1. The van der Waals surface area contributed by atoms with Crippen LogP contribution in [0, 0.1) is 5.92 Å². The number of carbonyl (C=O) groups excluding carboxylic acids is 1. The molecule has 2 atom stereocenters. The van der Waals surface area contributed by atoms with Gasteiger partial charge in [-0.2, -0.15) is 0 Å². The van der Waals surface area contributed by atoms with Crippen LogP contribution < -0.4 is 20.7 Å². The molecule has 34 heavy (non-hydrogen) atoms. The number of aromatic nitrogens is 1. The van der Waals surface area contributed by atoms with Crippen LogP contribution in [0.3, 0.4) is 0 Å². The van der Waals surface area contributed by atoms with E-state index in [-0.39, 0.29) is 29.5 Å². The van der Waals surface area contributed by atoms with E-state index in [1.807, 2.05) is 38.1 Å². The van der Waals surface area contributed by atoms with E-state index in [1.54, 1.807) is 18.2 Å². The van der Waals surface area contributed by atoms with Gasteiger partial charge in [-0.3, -0.25) is 5.32 Å². The molecule has 2 amide bonds. The van der Waals surface area contributed by atoms with E-state index in [4.69, 9.17) is 21.4 Å². The number of benzene rings is 1. The number of aromatic carboxylic acids is 1. The molecule has 0 spiro atoms. The molecule has 0 aliphatic heterocycles. The first-order chi connectivity index (χ1) is 16.3. The summed E-state index contributed by atoms with van der Waals surface area (Å²) in [6.07, 6.45) is 6.54. The Morgan fingerprint density at radius 1 is 1.21 bits per heavy atom. The molecule has 2 unspecified atom stereocenters. The molecule has 0 saturated carbocycles. The van der Waals surface area contributed by atoms with Crippen molar-refractivity contribution in [2.45, 2.75) is 26.5 Å². The molecular formula is C24H26ClN5O4. The predicted molar refractivity (Wildman–Crippen MR) is 130 cm³/mol. The first kappa shape index (κ1) is 24.8. The van der Waals surface area contributed by atoms with Crippen LogP contribution in [0.25, 0.3) is 0 Å². The van der Waals surface area contributed by atoms with E-state index >= 15 is 0 Å². The normalized spacial score (nSPS) is 17.5. The number of amides is 2. The van der Waals surface area contributed by atoms with Crippen molar-refractivity contribution in [3.63, 3.8) is 0 Å². The van der Waals surface area contributed by atoms with Crippen LogP contribution >= 0.6 is 11.6 Å². The molecule has 1 aliphatic rings. The molecule has 0 saturated heterocycles. The summed E-state index contributed by atoms with van der Waals surface area (Å²) in [6.45, 7) is 4.69. The van der Waals surface area contributed by atoms with Gasteiger partial charge in [-0.05, 0) is 42.8 Å². The van der Waals surface area contributed by atoms with Crippen molar-refractivity contribution in [2.24, 2.45) is 10.9 Å². The molecule has 1 aromatic carbocycles. The highest BCUT2D eigenvalue weighted by molar-refractivity contribution is 6.30. The van der Waals surface area contributed by atoms with E-state index in [9.17, 15) is 9.59 Å². The Balaban J connectivity index is 1.70. The quantitative estimate of drug-likeness (QED) is 0.351. The second-order valence-corrected chi connectivity index (χ2v) is 7.94. The molecule has 0 radical (unpaired) electrons. The summed E-state index contributed by atoms with van der Waals surface area (Å²) in [7, 11) is 0. The Morgan fingerprint density at radius 3 is 2.65 bits per heavy atom. The molecule has 2 aromatic rings. The smallest absolute Gasteiger partial charge is 0.335 e. The van der Waals surface area contributed by atoms with Crippen molar-refractivity contribution in [1.82, 2.24) is 20.9 Å². The first-order valence-corrected chi connectivity index (χ1v) is 11.1. The van der Waals surface area contributed by atoms with Gasteiger partial charge in [-0.1, -0.05) is 36.7 Å². The van der Waals surface area contributed by atoms with Gasteiger partial charge < -0.3 is 20.5 Å². The number of hydrogen-bond donors (Lipinski definition) is 4. The second-order valence-electron chi connectivity index (χ2n) is 7.51. The Hall–Kier alpha value is -3.85. The Morgan fingerprint density at radius 2 is 1.97 bits per heavy atom. The van der Waals surface area contributed by atoms with Crippen LogP contribution in [0.15, 0.2) is 71.5 Å². The monoisotopic (exact) mass is 483 g/mol. The second kappa shape index (κ2) is 11.9. The van der Waals surface area contributed by atoms with Gasteiger partial charge in [0.15, 0.2) is 0 Å². The number of allylic oxidation sites excluding steroid dienone is 1. The number of aliphatic imine (C=N–C) groups is 1. The molecule has 0 fully saturated rings. The zero-order chi connectivity index (χ0) is 24.5. The van der Waals surface area contributed by atoms with Crippen LogP contribution in [0.5, 0.6) is 5.88 Å². The summed E-state index contributed by atoms with van der Waals surface area (Å²) >= 11 is 5.94. The van der Waals surface area contributed by atoms with Gasteiger partial charge in [-0.15, -0.1) is 0 Å². The molecular weight excluding hydrogens is 458 g/mol. The van der Waals surface area contributed by atoms with Gasteiger partial charge in [0.25, 0.3) is 0 Å². The van der Waals surface area contributed by atoms with Crippen LogP contribution in [-0.2, 0) is 6.54 Å². The highest BCUT2D eigenvalue weighted by atomic mass is 35.5. The third-order valence-corrected chi connectivity index (χ3v) is 5.08. The number of nitrogens with one attached hydrogen (secondary N) is 3. The Labute approximate surface area is 202 Å². The first-order valence-electron chi connectivity index (χ1n) is 10.7. The fourth-order valence-electron chi connectivity index (χ4n) is 3.10.